The molecule has 0 saturated heterocycles. The SMILES string of the molecule is CCCOc1ccccc1C(=O)NCCc1ccc(S(=O)(=O)CNC(=O)OCC)cc1. The fourth-order valence-corrected chi connectivity index (χ4v) is 3.72. The van der Waals surface area contributed by atoms with Crippen molar-refractivity contribution in [3.63, 3.8) is 0 Å². The van der Waals surface area contributed by atoms with Gasteiger partial charge in [0.25, 0.3) is 5.91 Å². The molecule has 2 aromatic carbocycles. The maximum absolute atomic E-state index is 12.5. The highest BCUT2D eigenvalue weighted by atomic mass is 32.2. The smallest absolute Gasteiger partial charge is 0.407 e. The molecule has 0 aromatic heterocycles. The quantitative estimate of drug-likeness (QED) is 0.547. The first-order valence-corrected chi connectivity index (χ1v) is 11.7. The Morgan fingerprint density at radius 2 is 1.68 bits per heavy atom. The minimum atomic E-state index is -3.67. The lowest BCUT2D eigenvalue weighted by atomic mass is 10.1. The van der Waals surface area contributed by atoms with Gasteiger partial charge >= 0.3 is 6.09 Å². The molecule has 2 aromatic rings. The molecule has 0 unspecified atom stereocenters. The number of sulfone groups is 1. The second-order valence-corrected chi connectivity index (χ2v) is 8.64. The molecular formula is C22H28N2O6S. The number of rotatable bonds is 11. The Hall–Kier alpha value is -3.07. The summed E-state index contributed by atoms with van der Waals surface area (Å²) in [6.07, 6.45) is 0.603. The molecule has 168 valence electrons. The normalized spacial score (nSPS) is 10.9. The highest BCUT2D eigenvalue weighted by Gasteiger charge is 2.16. The molecule has 0 radical (unpaired) electrons. The first-order chi connectivity index (χ1) is 14.9. The molecule has 31 heavy (non-hydrogen) atoms. The van der Waals surface area contributed by atoms with E-state index in [0.29, 0.717) is 30.9 Å². The third-order valence-corrected chi connectivity index (χ3v) is 5.77. The van der Waals surface area contributed by atoms with E-state index in [9.17, 15) is 18.0 Å². The number of amides is 2. The van der Waals surface area contributed by atoms with Crippen LogP contribution < -0.4 is 15.4 Å². The first-order valence-electron chi connectivity index (χ1n) is 10.1. The van der Waals surface area contributed by atoms with Gasteiger partial charge in [0.2, 0.25) is 0 Å². The lowest BCUT2D eigenvalue weighted by Gasteiger charge is -2.11. The zero-order valence-corrected chi connectivity index (χ0v) is 18.5. The third kappa shape index (κ3) is 7.60. The number of hydrogen-bond acceptors (Lipinski definition) is 6. The van der Waals surface area contributed by atoms with Crippen molar-refractivity contribution in [2.24, 2.45) is 0 Å². The highest BCUT2D eigenvalue weighted by molar-refractivity contribution is 7.91. The topological polar surface area (TPSA) is 111 Å². The number of carbonyl (C=O) groups is 2. The van der Waals surface area contributed by atoms with Crippen LogP contribution in [-0.2, 0) is 21.0 Å². The van der Waals surface area contributed by atoms with Crippen LogP contribution in [0.15, 0.2) is 53.4 Å². The summed E-state index contributed by atoms with van der Waals surface area (Å²) in [6, 6.07) is 13.4. The number of benzene rings is 2. The van der Waals surface area contributed by atoms with Crippen LogP contribution in [0.1, 0.15) is 36.2 Å². The van der Waals surface area contributed by atoms with E-state index < -0.39 is 21.8 Å². The Labute approximate surface area is 182 Å². The molecule has 0 saturated carbocycles. The molecule has 0 aliphatic carbocycles. The van der Waals surface area contributed by atoms with Gasteiger partial charge < -0.3 is 20.1 Å². The van der Waals surface area contributed by atoms with E-state index in [1.807, 2.05) is 13.0 Å². The van der Waals surface area contributed by atoms with Gasteiger partial charge in [0.1, 0.15) is 11.6 Å². The van der Waals surface area contributed by atoms with Gasteiger partial charge in [0.15, 0.2) is 9.84 Å². The van der Waals surface area contributed by atoms with Crippen molar-refractivity contribution in [3.05, 3.63) is 59.7 Å². The zero-order chi connectivity index (χ0) is 22.7. The summed E-state index contributed by atoms with van der Waals surface area (Å²) >= 11 is 0. The second kappa shape index (κ2) is 11.9. The number of alkyl carbamates (subject to hydrolysis) is 1. The molecular weight excluding hydrogens is 420 g/mol. The van der Waals surface area contributed by atoms with Crippen molar-refractivity contribution in [2.75, 3.05) is 25.6 Å². The maximum atomic E-state index is 12.5. The summed E-state index contributed by atoms with van der Waals surface area (Å²) in [6.45, 7) is 4.71. The number of hydrogen-bond donors (Lipinski definition) is 2. The number of ether oxygens (including phenoxy) is 2. The molecule has 0 bridgehead atoms. The number of carbonyl (C=O) groups excluding carboxylic acids is 2. The first kappa shape index (κ1) is 24.2. The van der Waals surface area contributed by atoms with Crippen LogP contribution >= 0.6 is 0 Å². The van der Waals surface area contributed by atoms with Crippen LogP contribution in [0.2, 0.25) is 0 Å². The van der Waals surface area contributed by atoms with Crippen LogP contribution in [0.25, 0.3) is 0 Å². The van der Waals surface area contributed by atoms with E-state index in [-0.39, 0.29) is 17.4 Å². The predicted octanol–water partition coefficient (Wildman–Crippen LogP) is 2.93. The Morgan fingerprint density at radius 3 is 2.35 bits per heavy atom. The standard InChI is InChI=1S/C22H28N2O6S/c1-3-15-30-20-8-6-5-7-19(20)21(25)23-14-13-17-9-11-18(12-10-17)31(27,28)16-24-22(26)29-4-2/h5-12H,3-4,13-16H2,1-2H3,(H,23,25)(H,24,26). The summed E-state index contributed by atoms with van der Waals surface area (Å²) in [5.41, 5.74) is 1.35. The molecule has 0 aliphatic rings. The molecule has 0 heterocycles. The second-order valence-electron chi connectivity index (χ2n) is 6.65. The summed E-state index contributed by atoms with van der Waals surface area (Å²) in [5, 5.41) is 5.06. The molecule has 2 rings (SSSR count). The molecule has 2 N–H and O–H groups in total. The van der Waals surface area contributed by atoms with Gasteiger partial charge in [-0.2, -0.15) is 0 Å². The van der Waals surface area contributed by atoms with Crippen LogP contribution in [0.4, 0.5) is 4.79 Å². The predicted molar refractivity (Wildman–Crippen MR) is 117 cm³/mol. The highest BCUT2D eigenvalue weighted by Crippen LogP contribution is 2.18. The van der Waals surface area contributed by atoms with Crippen molar-refractivity contribution >= 4 is 21.8 Å². The monoisotopic (exact) mass is 448 g/mol. The average molecular weight is 449 g/mol. The van der Waals surface area contributed by atoms with Crippen molar-refractivity contribution in [2.45, 2.75) is 31.6 Å². The van der Waals surface area contributed by atoms with E-state index in [1.165, 1.54) is 12.1 Å². The van der Waals surface area contributed by atoms with Gasteiger partial charge in [-0.15, -0.1) is 0 Å². The van der Waals surface area contributed by atoms with Crippen LogP contribution in [-0.4, -0.2) is 46.1 Å². The van der Waals surface area contributed by atoms with E-state index in [0.717, 1.165) is 12.0 Å². The molecule has 8 nitrogen and oxygen atoms in total. The van der Waals surface area contributed by atoms with Crippen LogP contribution in [0.5, 0.6) is 5.75 Å². The minimum absolute atomic E-state index is 0.0964. The van der Waals surface area contributed by atoms with Gasteiger partial charge in [-0.1, -0.05) is 31.2 Å². The van der Waals surface area contributed by atoms with Crippen LogP contribution in [0.3, 0.4) is 0 Å². The fourth-order valence-electron chi connectivity index (χ4n) is 2.69. The molecule has 0 spiro atoms. The Balaban J connectivity index is 1.89. The van der Waals surface area contributed by atoms with Gasteiger partial charge in [0, 0.05) is 6.54 Å². The van der Waals surface area contributed by atoms with Gasteiger partial charge in [-0.3, -0.25) is 4.79 Å². The van der Waals surface area contributed by atoms with Crippen molar-refractivity contribution in [1.82, 2.24) is 10.6 Å². The van der Waals surface area contributed by atoms with E-state index in [1.54, 1.807) is 37.3 Å². The summed E-state index contributed by atoms with van der Waals surface area (Å²) < 4.78 is 34.8. The minimum Gasteiger partial charge on any atom is -0.493 e. The summed E-state index contributed by atoms with van der Waals surface area (Å²) in [5.74, 6) is -0.218. The third-order valence-electron chi connectivity index (χ3n) is 4.26. The van der Waals surface area contributed by atoms with Crippen molar-refractivity contribution in [3.8, 4) is 5.75 Å². The summed E-state index contributed by atoms with van der Waals surface area (Å²) in [7, 11) is -3.67. The maximum Gasteiger partial charge on any atom is 0.407 e. The lowest BCUT2D eigenvalue weighted by molar-refractivity contribution is 0.0950. The van der Waals surface area contributed by atoms with Gasteiger partial charge in [-0.25, -0.2) is 13.2 Å². The Morgan fingerprint density at radius 1 is 0.968 bits per heavy atom. The number of para-hydroxylation sites is 1. The van der Waals surface area contributed by atoms with E-state index in [4.69, 9.17) is 4.74 Å². The largest absolute Gasteiger partial charge is 0.493 e. The zero-order valence-electron chi connectivity index (χ0n) is 17.7. The van der Waals surface area contributed by atoms with Crippen molar-refractivity contribution < 1.29 is 27.5 Å². The number of nitrogens with one attached hydrogen (secondary N) is 2. The molecule has 0 atom stereocenters. The van der Waals surface area contributed by atoms with Gasteiger partial charge in [0.05, 0.1) is 23.7 Å². The van der Waals surface area contributed by atoms with Crippen LogP contribution in [0, 0.1) is 0 Å². The van der Waals surface area contributed by atoms with E-state index >= 15 is 0 Å². The molecule has 0 aliphatic heterocycles. The molecule has 2 amide bonds. The summed E-state index contributed by atoms with van der Waals surface area (Å²) in [4.78, 5) is 23.8. The average Bonchev–Trinajstić information content (AvgIpc) is 2.77. The Bertz CT molecular complexity index is 974. The Kier molecular flexibility index (Phi) is 9.33. The van der Waals surface area contributed by atoms with Gasteiger partial charge in [-0.05, 0) is 49.6 Å². The molecule has 0 fully saturated rings. The van der Waals surface area contributed by atoms with Crippen molar-refractivity contribution in [1.29, 1.82) is 0 Å². The van der Waals surface area contributed by atoms with E-state index in [2.05, 4.69) is 15.4 Å². The molecule has 9 heteroatoms. The lowest BCUT2D eigenvalue weighted by Crippen LogP contribution is -2.30. The fraction of sp³-hybridized carbons (Fsp3) is 0.364.